The summed E-state index contributed by atoms with van der Waals surface area (Å²) in [6, 6.07) is 8.77. The van der Waals surface area contributed by atoms with Gasteiger partial charge in [-0.2, -0.15) is 0 Å². The fourth-order valence-electron chi connectivity index (χ4n) is 3.12. The highest BCUT2D eigenvalue weighted by Gasteiger charge is 2.33. The van der Waals surface area contributed by atoms with E-state index in [1.165, 1.54) is 29.2 Å². The summed E-state index contributed by atoms with van der Waals surface area (Å²) in [5, 5.41) is 6.30. The molecule has 1 aliphatic carbocycles. The molecule has 1 aromatic carbocycles. The van der Waals surface area contributed by atoms with Crippen molar-refractivity contribution < 1.29 is 0 Å². The minimum Gasteiger partial charge on any atom is -0.312 e. The lowest BCUT2D eigenvalue weighted by atomic mass is 9.69. The van der Waals surface area contributed by atoms with Gasteiger partial charge < -0.3 is 5.32 Å². The van der Waals surface area contributed by atoms with Gasteiger partial charge in [0.2, 0.25) is 0 Å². The lowest BCUT2D eigenvalue weighted by molar-refractivity contribution is 0.227. The Bertz CT molecular complexity index is 592. The van der Waals surface area contributed by atoms with Crippen LogP contribution in [0.3, 0.4) is 0 Å². The van der Waals surface area contributed by atoms with E-state index in [1.54, 1.807) is 0 Å². The summed E-state index contributed by atoms with van der Waals surface area (Å²) < 4.78 is 0. The van der Waals surface area contributed by atoms with Gasteiger partial charge >= 0.3 is 0 Å². The zero-order valence-electron chi connectivity index (χ0n) is 12.7. The van der Waals surface area contributed by atoms with Crippen molar-refractivity contribution in [2.24, 2.45) is 5.92 Å². The molecule has 1 aliphatic rings. The second-order valence-electron chi connectivity index (χ2n) is 7.02. The first-order chi connectivity index (χ1) is 9.54. The van der Waals surface area contributed by atoms with Gasteiger partial charge in [-0.3, -0.25) is 4.98 Å². The van der Waals surface area contributed by atoms with Crippen LogP contribution in [0.15, 0.2) is 36.7 Å². The predicted molar refractivity (Wildman–Crippen MR) is 85.0 cm³/mol. The average molecular weight is 268 g/mol. The van der Waals surface area contributed by atoms with Crippen LogP contribution in [0.4, 0.5) is 0 Å². The molecule has 0 amide bonds. The Kier molecular flexibility index (Phi) is 3.51. The molecule has 0 saturated heterocycles. The molecule has 106 valence electrons. The van der Waals surface area contributed by atoms with Crippen LogP contribution in [0.25, 0.3) is 10.8 Å². The van der Waals surface area contributed by atoms with E-state index in [0.717, 1.165) is 12.5 Å². The topological polar surface area (TPSA) is 24.9 Å². The third kappa shape index (κ3) is 2.71. The Labute approximate surface area is 121 Å². The lowest BCUT2D eigenvalue weighted by Gasteiger charge is -2.39. The van der Waals surface area contributed by atoms with E-state index in [2.05, 4.69) is 55.3 Å². The standard InChI is InChI=1S/C18H24N2/c1-18(2,3)20-11-14-7-8-15(14)16-6-4-5-13-9-10-19-12-17(13)16/h4-6,9-10,12,14-15,20H,7-8,11H2,1-3H3. The van der Waals surface area contributed by atoms with Crippen molar-refractivity contribution in [3.8, 4) is 0 Å². The maximum Gasteiger partial charge on any atom is 0.0349 e. The zero-order valence-corrected chi connectivity index (χ0v) is 12.7. The number of rotatable bonds is 3. The number of fused-ring (bicyclic) bond motifs is 1. The molecule has 3 rings (SSSR count). The molecule has 0 aliphatic heterocycles. The first kappa shape index (κ1) is 13.6. The smallest absolute Gasteiger partial charge is 0.0349 e. The normalized spacial score (nSPS) is 22.8. The van der Waals surface area contributed by atoms with Crippen LogP contribution in [-0.2, 0) is 0 Å². The number of pyridine rings is 1. The second-order valence-corrected chi connectivity index (χ2v) is 7.02. The summed E-state index contributed by atoms with van der Waals surface area (Å²) in [7, 11) is 0. The molecule has 0 radical (unpaired) electrons. The molecule has 2 atom stereocenters. The number of hydrogen-bond acceptors (Lipinski definition) is 2. The van der Waals surface area contributed by atoms with Gasteiger partial charge in [-0.25, -0.2) is 0 Å². The van der Waals surface area contributed by atoms with Gasteiger partial charge in [0.25, 0.3) is 0 Å². The van der Waals surface area contributed by atoms with Gasteiger partial charge in [-0.05, 0) is 69.0 Å². The van der Waals surface area contributed by atoms with E-state index in [4.69, 9.17) is 0 Å². The van der Waals surface area contributed by atoms with Crippen molar-refractivity contribution in [2.75, 3.05) is 6.54 Å². The molecule has 2 heteroatoms. The minimum atomic E-state index is 0.209. The van der Waals surface area contributed by atoms with E-state index in [1.807, 2.05) is 12.4 Å². The molecule has 1 N–H and O–H groups in total. The van der Waals surface area contributed by atoms with Crippen LogP contribution in [0.5, 0.6) is 0 Å². The van der Waals surface area contributed by atoms with Crippen LogP contribution in [0, 0.1) is 5.92 Å². The van der Waals surface area contributed by atoms with Crippen molar-refractivity contribution in [1.29, 1.82) is 0 Å². The Morgan fingerprint density at radius 3 is 2.75 bits per heavy atom. The first-order valence-electron chi connectivity index (χ1n) is 7.62. The van der Waals surface area contributed by atoms with E-state index in [0.29, 0.717) is 5.92 Å². The molecule has 20 heavy (non-hydrogen) atoms. The number of hydrogen-bond donors (Lipinski definition) is 1. The second kappa shape index (κ2) is 5.17. The molecule has 1 saturated carbocycles. The number of benzene rings is 1. The summed E-state index contributed by atoms with van der Waals surface area (Å²) in [4.78, 5) is 4.31. The Morgan fingerprint density at radius 1 is 1.20 bits per heavy atom. The third-order valence-electron chi connectivity index (χ3n) is 4.43. The molecule has 0 spiro atoms. The first-order valence-corrected chi connectivity index (χ1v) is 7.62. The number of nitrogens with zero attached hydrogens (tertiary/aromatic N) is 1. The minimum absolute atomic E-state index is 0.209. The monoisotopic (exact) mass is 268 g/mol. The van der Waals surface area contributed by atoms with E-state index in [9.17, 15) is 0 Å². The molecule has 1 aromatic heterocycles. The quantitative estimate of drug-likeness (QED) is 0.906. The largest absolute Gasteiger partial charge is 0.312 e. The maximum absolute atomic E-state index is 4.31. The van der Waals surface area contributed by atoms with Gasteiger partial charge in [0.05, 0.1) is 0 Å². The number of aromatic nitrogens is 1. The van der Waals surface area contributed by atoms with Crippen molar-refractivity contribution in [1.82, 2.24) is 10.3 Å². The van der Waals surface area contributed by atoms with Crippen LogP contribution in [0.2, 0.25) is 0 Å². The number of nitrogens with one attached hydrogen (secondary N) is 1. The molecule has 0 bridgehead atoms. The molecular formula is C18H24N2. The van der Waals surface area contributed by atoms with Crippen molar-refractivity contribution in [3.05, 3.63) is 42.2 Å². The van der Waals surface area contributed by atoms with E-state index < -0.39 is 0 Å². The van der Waals surface area contributed by atoms with E-state index >= 15 is 0 Å². The van der Waals surface area contributed by atoms with Crippen LogP contribution in [0.1, 0.15) is 45.1 Å². The maximum atomic E-state index is 4.31. The van der Waals surface area contributed by atoms with Crippen molar-refractivity contribution >= 4 is 10.8 Å². The predicted octanol–water partition coefficient (Wildman–Crippen LogP) is 4.12. The van der Waals surface area contributed by atoms with Crippen LogP contribution in [-0.4, -0.2) is 17.1 Å². The molecule has 1 heterocycles. The molecular weight excluding hydrogens is 244 g/mol. The zero-order chi connectivity index (χ0) is 14.2. The van der Waals surface area contributed by atoms with Gasteiger partial charge in [0.1, 0.15) is 0 Å². The molecule has 2 nitrogen and oxygen atoms in total. The highest BCUT2D eigenvalue weighted by Crippen LogP contribution is 2.44. The van der Waals surface area contributed by atoms with Gasteiger partial charge in [0.15, 0.2) is 0 Å². The SMILES string of the molecule is CC(C)(C)NCC1CCC1c1cccc2ccncc12. The molecule has 2 aromatic rings. The summed E-state index contributed by atoms with van der Waals surface area (Å²) in [5.41, 5.74) is 1.70. The summed E-state index contributed by atoms with van der Waals surface area (Å²) in [5.74, 6) is 1.46. The summed E-state index contributed by atoms with van der Waals surface area (Å²) >= 11 is 0. The van der Waals surface area contributed by atoms with Crippen molar-refractivity contribution in [3.63, 3.8) is 0 Å². The van der Waals surface area contributed by atoms with Gasteiger partial charge in [-0.1, -0.05) is 18.2 Å². The summed E-state index contributed by atoms with van der Waals surface area (Å²) in [6.45, 7) is 7.83. The van der Waals surface area contributed by atoms with Gasteiger partial charge in [0, 0.05) is 23.3 Å². The van der Waals surface area contributed by atoms with Crippen LogP contribution < -0.4 is 5.32 Å². The average Bonchev–Trinajstić information content (AvgIpc) is 2.37. The third-order valence-corrected chi connectivity index (χ3v) is 4.43. The van der Waals surface area contributed by atoms with Crippen LogP contribution >= 0.6 is 0 Å². The lowest BCUT2D eigenvalue weighted by Crippen LogP contribution is -2.43. The Balaban J connectivity index is 1.81. The van der Waals surface area contributed by atoms with Crippen molar-refractivity contribution in [2.45, 2.75) is 45.1 Å². The van der Waals surface area contributed by atoms with E-state index in [-0.39, 0.29) is 5.54 Å². The Hall–Kier alpha value is -1.41. The fraction of sp³-hybridized carbons (Fsp3) is 0.500. The summed E-state index contributed by atoms with van der Waals surface area (Å²) in [6.07, 6.45) is 6.55. The molecule has 1 fully saturated rings. The highest BCUT2D eigenvalue weighted by atomic mass is 14.9. The fourth-order valence-corrected chi connectivity index (χ4v) is 3.12. The van der Waals surface area contributed by atoms with Gasteiger partial charge in [-0.15, -0.1) is 0 Å². The molecule has 2 unspecified atom stereocenters. The Morgan fingerprint density at radius 2 is 2.05 bits per heavy atom. The highest BCUT2D eigenvalue weighted by molar-refractivity contribution is 5.85.